The molecule has 2 aromatic rings. The smallest absolute Gasteiger partial charge is 0.246 e. The summed E-state index contributed by atoms with van der Waals surface area (Å²) in [5.41, 5.74) is 6.61. The van der Waals surface area contributed by atoms with Crippen LogP contribution in [-0.2, 0) is 11.3 Å². The van der Waals surface area contributed by atoms with Gasteiger partial charge in [0.05, 0.1) is 22.6 Å². The molecule has 1 amide bonds. The maximum absolute atomic E-state index is 13.4. The number of carbonyl (C=O) groups is 1. The van der Waals surface area contributed by atoms with Crippen molar-refractivity contribution >= 4 is 28.9 Å². The highest BCUT2D eigenvalue weighted by Crippen LogP contribution is 2.18. The maximum Gasteiger partial charge on any atom is 0.246 e. The van der Waals surface area contributed by atoms with Crippen molar-refractivity contribution in [1.82, 2.24) is 9.78 Å². The predicted octanol–water partition coefficient (Wildman–Crippen LogP) is 2.20. The summed E-state index contributed by atoms with van der Waals surface area (Å²) in [6.07, 6.45) is 1.45. The van der Waals surface area contributed by atoms with E-state index in [0.29, 0.717) is 16.4 Å². The highest BCUT2D eigenvalue weighted by Gasteiger charge is 2.11. The maximum atomic E-state index is 13.4. The number of nitrogens with zero attached hydrogens (tertiary/aromatic N) is 2. The zero-order valence-electron chi connectivity index (χ0n) is 10.2. The fourth-order valence-corrected chi connectivity index (χ4v) is 1.69. The van der Waals surface area contributed by atoms with E-state index in [1.54, 1.807) is 6.92 Å². The van der Waals surface area contributed by atoms with Gasteiger partial charge in [0.1, 0.15) is 12.4 Å². The second-order valence-electron chi connectivity index (χ2n) is 4.02. The van der Waals surface area contributed by atoms with Crippen LogP contribution < -0.4 is 11.1 Å². The molecule has 0 unspecified atom stereocenters. The number of nitrogens with two attached hydrogens (primary N) is 1. The molecule has 19 heavy (non-hydrogen) atoms. The summed E-state index contributed by atoms with van der Waals surface area (Å²) in [4.78, 5) is 11.8. The van der Waals surface area contributed by atoms with Crippen molar-refractivity contribution in [3.63, 3.8) is 0 Å². The molecule has 0 saturated carbocycles. The van der Waals surface area contributed by atoms with Gasteiger partial charge >= 0.3 is 0 Å². The van der Waals surface area contributed by atoms with Crippen molar-refractivity contribution in [1.29, 1.82) is 0 Å². The summed E-state index contributed by atoms with van der Waals surface area (Å²) < 4.78 is 14.9. The number of nitrogens with one attached hydrogen (secondary N) is 1. The van der Waals surface area contributed by atoms with E-state index in [9.17, 15) is 9.18 Å². The number of benzene rings is 1. The summed E-state index contributed by atoms with van der Waals surface area (Å²) in [6, 6.07) is 3.97. The molecule has 1 heterocycles. The Bertz CT molecular complexity index is 626. The van der Waals surface area contributed by atoms with Gasteiger partial charge in [-0.25, -0.2) is 4.39 Å². The van der Waals surface area contributed by atoms with Gasteiger partial charge in [-0.2, -0.15) is 5.10 Å². The number of aromatic nitrogens is 2. The molecule has 0 aliphatic carbocycles. The van der Waals surface area contributed by atoms with Crippen LogP contribution in [0.25, 0.3) is 0 Å². The Morgan fingerprint density at radius 3 is 2.95 bits per heavy atom. The number of nitrogen functional groups attached to an aromatic ring is 1. The zero-order chi connectivity index (χ0) is 14.0. The lowest BCUT2D eigenvalue weighted by molar-refractivity contribution is -0.117. The summed E-state index contributed by atoms with van der Waals surface area (Å²) in [7, 11) is 0. The third kappa shape index (κ3) is 3.03. The van der Waals surface area contributed by atoms with Gasteiger partial charge in [-0.1, -0.05) is 11.6 Å². The van der Waals surface area contributed by atoms with Crippen LogP contribution >= 0.6 is 11.6 Å². The lowest BCUT2D eigenvalue weighted by atomic mass is 10.2. The SMILES string of the molecule is Cc1c(Cl)cnn1CC(=O)Nc1cc(N)ccc1F. The topological polar surface area (TPSA) is 72.9 Å². The molecular formula is C12H12ClFN4O. The van der Waals surface area contributed by atoms with Crippen LogP contribution in [0, 0.1) is 12.7 Å². The number of anilines is 2. The number of carbonyl (C=O) groups excluding carboxylic acids is 1. The van der Waals surface area contributed by atoms with Gasteiger partial charge in [0.15, 0.2) is 0 Å². The fourth-order valence-electron chi connectivity index (χ4n) is 1.55. The molecule has 1 aromatic heterocycles. The highest BCUT2D eigenvalue weighted by molar-refractivity contribution is 6.31. The van der Waals surface area contributed by atoms with Gasteiger partial charge in [-0.3, -0.25) is 9.48 Å². The summed E-state index contributed by atoms with van der Waals surface area (Å²) in [5, 5.41) is 6.86. The molecule has 0 spiro atoms. The Hall–Kier alpha value is -2.08. The monoisotopic (exact) mass is 282 g/mol. The molecule has 0 saturated heterocycles. The molecule has 0 aliphatic heterocycles. The molecule has 100 valence electrons. The molecule has 1 aromatic carbocycles. The first-order valence-corrected chi connectivity index (χ1v) is 5.88. The predicted molar refractivity (Wildman–Crippen MR) is 71.4 cm³/mol. The van der Waals surface area contributed by atoms with E-state index in [4.69, 9.17) is 17.3 Å². The summed E-state index contributed by atoms with van der Waals surface area (Å²) in [6.45, 7) is 1.69. The van der Waals surface area contributed by atoms with Crippen molar-refractivity contribution in [2.24, 2.45) is 0 Å². The normalized spacial score (nSPS) is 10.5. The van der Waals surface area contributed by atoms with Crippen molar-refractivity contribution < 1.29 is 9.18 Å². The second kappa shape index (κ2) is 5.27. The van der Waals surface area contributed by atoms with Gasteiger partial charge in [0.2, 0.25) is 5.91 Å². The molecule has 0 atom stereocenters. The molecule has 0 fully saturated rings. The van der Waals surface area contributed by atoms with E-state index in [1.807, 2.05) is 0 Å². The third-order valence-electron chi connectivity index (χ3n) is 2.60. The van der Waals surface area contributed by atoms with Crippen LogP contribution in [0.5, 0.6) is 0 Å². The van der Waals surface area contributed by atoms with Gasteiger partial charge < -0.3 is 11.1 Å². The molecule has 0 aliphatic rings. The number of hydrogen-bond donors (Lipinski definition) is 2. The summed E-state index contributed by atoms with van der Waals surface area (Å²) >= 11 is 5.83. The van der Waals surface area contributed by atoms with Crippen LogP contribution in [0.1, 0.15) is 5.69 Å². The van der Waals surface area contributed by atoms with Crippen LogP contribution in [0.15, 0.2) is 24.4 Å². The number of amides is 1. The number of rotatable bonds is 3. The first-order chi connectivity index (χ1) is 8.97. The molecule has 5 nitrogen and oxygen atoms in total. The Kier molecular flexibility index (Phi) is 3.71. The van der Waals surface area contributed by atoms with Crippen molar-refractivity contribution in [2.45, 2.75) is 13.5 Å². The minimum absolute atomic E-state index is 0.0425. The molecule has 0 radical (unpaired) electrons. The van der Waals surface area contributed by atoms with Gasteiger partial charge in [0.25, 0.3) is 0 Å². The first-order valence-electron chi connectivity index (χ1n) is 5.50. The number of halogens is 2. The van der Waals surface area contributed by atoms with Crippen molar-refractivity contribution in [3.8, 4) is 0 Å². The van der Waals surface area contributed by atoms with E-state index in [0.717, 1.165) is 0 Å². The Morgan fingerprint density at radius 2 is 2.32 bits per heavy atom. The standard InChI is InChI=1S/C12H12ClFN4O/c1-7-9(13)5-16-18(7)6-12(19)17-11-4-8(15)2-3-10(11)14/h2-5H,6,15H2,1H3,(H,17,19). The Morgan fingerprint density at radius 1 is 1.58 bits per heavy atom. The van der Waals surface area contributed by atoms with E-state index in [-0.39, 0.29) is 12.2 Å². The molecule has 7 heteroatoms. The lowest BCUT2D eigenvalue weighted by Gasteiger charge is -2.08. The molecule has 3 N–H and O–H groups in total. The van der Waals surface area contributed by atoms with Gasteiger partial charge in [0, 0.05) is 5.69 Å². The number of hydrogen-bond acceptors (Lipinski definition) is 3. The minimum Gasteiger partial charge on any atom is -0.399 e. The van der Waals surface area contributed by atoms with Gasteiger partial charge in [-0.05, 0) is 25.1 Å². The average molecular weight is 283 g/mol. The Labute approximate surface area is 114 Å². The quantitative estimate of drug-likeness (QED) is 0.848. The van der Waals surface area contributed by atoms with Crippen LogP contribution in [0.3, 0.4) is 0 Å². The van der Waals surface area contributed by atoms with E-state index >= 15 is 0 Å². The van der Waals surface area contributed by atoms with Crippen molar-refractivity contribution in [2.75, 3.05) is 11.1 Å². The molecule has 0 bridgehead atoms. The zero-order valence-corrected chi connectivity index (χ0v) is 10.9. The third-order valence-corrected chi connectivity index (χ3v) is 2.97. The second-order valence-corrected chi connectivity index (χ2v) is 4.43. The largest absolute Gasteiger partial charge is 0.399 e. The van der Waals surface area contributed by atoms with Crippen LogP contribution in [0.2, 0.25) is 5.02 Å². The van der Waals surface area contributed by atoms with Crippen molar-refractivity contribution in [3.05, 3.63) is 40.9 Å². The molecular weight excluding hydrogens is 271 g/mol. The first kappa shape index (κ1) is 13.4. The van der Waals surface area contributed by atoms with Crippen LogP contribution in [-0.4, -0.2) is 15.7 Å². The average Bonchev–Trinajstić information content (AvgIpc) is 2.66. The highest BCUT2D eigenvalue weighted by atomic mass is 35.5. The van der Waals surface area contributed by atoms with E-state index in [2.05, 4.69) is 10.4 Å². The Balaban J connectivity index is 2.09. The summed E-state index contributed by atoms with van der Waals surface area (Å²) in [5.74, 6) is -0.954. The van der Waals surface area contributed by atoms with E-state index in [1.165, 1.54) is 29.1 Å². The van der Waals surface area contributed by atoms with Gasteiger partial charge in [-0.15, -0.1) is 0 Å². The molecule has 2 rings (SSSR count). The van der Waals surface area contributed by atoms with Crippen LogP contribution in [0.4, 0.5) is 15.8 Å². The lowest BCUT2D eigenvalue weighted by Crippen LogP contribution is -2.20. The van der Waals surface area contributed by atoms with E-state index < -0.39 is 11.7 Å². The minimum atomic E-state index is -0.544. The fraction of sp³-hybridized carbons (Fsp3) is 0.167.